The van der Waals surface area contributed by atoms with Gasteiger partial charge in [-0.2, -0.15) is 0 Å². The SMILES string of the molecule is CO[C@](O)(Nc1ccccc1)[C@@H]1[C@@H](C(=O)O)[C@H]2C=C[C@H]1C2. The lowest BCUT2D eigenvalue weighted by Crippen LogP contribution is -2.53. The maximum atomic E-state index is 11.6. The lowest BCUT2D eigenvalue weighted by Gasteiger charge is -2.39. The molecule has 0 amide bonds. The molecule has 0 spiro atoms. The van der Waals surface area contributed by atoms with Crippen molar-refractivity contribution in [3.63, 3.8) is 0 Å². The first-order valence-corrected chi connectivity index (χ1v) is 7.07. The van der Waals surface area contributed by atoms with E-state index in [4.69, 9.17) is 4.74 Å². The molecular formula is C16H19NO4. The molecule has 3 N–H and O–H groups in total. The number of carboxylic acid groups (broad SMARTS) is 1. The van der Waals surface area contributed by atoms with Crippen molar-refractivity contribution in [2.24, 2.45) is 23.7 Å². The van der Waals surface area contributed by atoms with Crippen LogP contribution < -0.4 is 5.32 Å². The van der Waals surface area contributed by atoms with E-state index in [0.717, 1.165) is 6.42 Å². The van der Waals surface area contributed by atoms with E-state index >= 15 is 0 Å². The summed E-state index contributed by atoms with van der Waals surface area (Å²) in [5, 5.41) is 23.3. The van der Waals surface area contributed by atoms with Gasteiger partial charge in [-0.1, -0.05) is 30.4 Å². The number of hydrogen-bond acceptors (Lipinski definition) is 4. The molecule has 2 aliphatic rings. The zero-order valence-corrected chi connectivity index (χ0v) is 11.8. The van der Waals surface area contributed by atoms with Gasteiger partial charge in [0.2, 0.25) is 0 Å². The van der Waals surface area contributed by atoms with Crippen LogP contribution in [0.2, 0.25) is 0 Å². The normalized spacial score (nSPS) is 32.9. The lowest BCUT2D eigenvalue weighted by molar-refractivity contribution is -0.217. The van der Waals surface area contributed by atoms with Crippen LogP contribution in [-0.2, 0) is 9.53 Å². The van der Waals surface area contributed by atoms with Gasteiger partial charge in [-0.3, -0.25) is 4.79 Å². The minimum Gasteiger partial charge on any atom is -0.481 e. The highest BCUT2D eigenvalue weighted by molar-refractivity contribution is 5.72. The highest BCUT2D eigenvalue weighted by Crippen LogP contribution is 2.52. The number of anilines is 1. The second kappa shape index (κ2) is 5.16. The molecule has 5 nitrogen and oxygen atoms in total. The van der Waals surface area contributed by atoms with Gasteiger partial charge in [0.15, 0.2) is 0 Å². The molecule has 2 bridgehead atoms. The number of para-hydroxylation sites is 1. The van der Waals surface area contributed by atoms with Gasteiger partial charge in [-0.15, -0.1) is 0 Å². The van der Waals surface area contributed by atoms with Crippen LogP contribution in [0, 0.1) is 23.7 Å². The highest BCUT2D eigenvalue weighted by Gasteiger charge is 2.57. The van der Waals surface area contributed by atoms with E-state index in [1.807, 2.05) is 42.5 Å². The Hall–Kier alpha value is -1.85. The van der Waals surface area contributed by atoms with Crippen LogP contribution in [0.4, 0.5) is 5.69 Å². The summed E-state index contributed by atoms with van der Waals surface area (Å²) in [4.78, 5) is 11.6. The molecule has 21 heavy (non-hydrogen) atoms. The average Bonchev–Trinajstić information content (AvgIpc) is 3.09. The highest BCUT2D eigenvalue weighted by atomic mass is 16.6. The zero-order valence-electron chi connectivity index (χ0n) is 11.8. The van der Waals surface area contributed by atoms with Crippen LogP contribution >= 0.6 is 0 Å². The standard InChI is InChI=1S/C16H19NO4/c1-21-16(20,17-12-5-3-2-4-6-12)14-11-8-7-10(9-11)13(14)15(18)19/h2-8,10-11,13-14,17,20H,9H2,1H3,(H,18,19)/t10-,11-,13-,14-,16-/m0/s1. The number of aliphatic hydroxyl groups is 1. The number of nitrogens with one attached hydrogen (secondary N) is 1. The predicted octanol–water partition coefficient (Wildman–Crippen LogP) is 1.91. The molecule has 0 aromatic heterocycles. The summed E-state index contributed by atoms with van der Waals surface area (Å²) in [6, 6.07) is 9.17. The molecule has 0 radical (unpaired) electrons. The minimum absolute atomic E-state index is 0.0114. The van der Waals surface area contributed by atoms with E-state index in [-0.39, 0.29) is 11.8 Å². The summed E-state index contributed by atoms with van der Waals surface area (Å²) in [6.45, 7) is 0. The Morgan fingerprint density at radius 2 is 1.95 bits per heavy atom. The third-order valence-corrected chi connectivity index (χ3v) is 4.60. The largest absolute Gasteiger partial charge is 0.481 e. The summed E-state index contributed by atoms with van der Waals surface area (Å²) < 4.78 is 5.31. The second-order valence-corrected chi connectivity index (χ2v) is 5.73. The van der Waals surface area contributed by atoms with Gasteiger partial charge in [0, 0.05) is 12.8 Å². The first-order valence-electron chi connectivity index (χ1n) is 7.07. The van der Waals surface area contributed by atoms with E-state index in [1.54, 1.807) is 0 Å². The third kappa shape index (κ3) is 2.32. The van der Waals surface area contributed by atoms with Gasteiger partial charge >= 0.3 is 5.97 Å². The Kier molecular flexibility index (Phi) is 3.47. The molecule has 3 rings (SSSR count). The quantitative estimate of drug-likeness (QED) is 0.570. The number of ether oxygens (including phenoxy) is 1. The summed E-state index contributed by atoms with van der Waals surface area (Å²) >= 11 is 0. The fraction of sp³-hybridized carbons (Fsp3) is 0.438. The lowest BCUT2D eigenvalue weighted by atomic mass is 9.80. The Morgan fingerprint density at radius 1 is 1.29 bits per heavy atom. The molecule has 0 unspecified atom stereocenters. The monoisotopic (exact) mass is 289 g/mol. The van der Waals surface area contributed by atoms with Gasteiger partial charge in [0.05, 0.1) is 11.8 Å². The van der Waals surface area contributed by atoms with Gasteiger partial charge in [-0.05, 0) is 30.4 Å². The Balaban J connectivity index is 1.91. The summed E-state index contributed by atoms with van der Waals surface area (Å²) in [5.41, 5.74) is 0.692. The predicted molar refractivity (Wildman–Crippen MR) is 77.4 cm³/mol. The molecule has 2 aliphatic carbocycles. The van der Waals surface area contributed by atoms with Crippen molar-refractivity contribution in [2.45, 2.75) is 12.3 Å². The number of hydrogen-bond donors (Lipinski definition) is 3. The fourth-order valence-electron chi connectivity index (χ4n) is 3.69. The van der Waals surface area contributed by atoms with Gasteiger partial charge < -0.3 is 20.3 Å². The van der Waals surface area contributed by atoms with Gasteiger partial charge in [0.25, 0.3) is 5.91 Å². The van der Waals surface area contributed by atoms with E-state index in [0.29, 0.717) is 5.69 Å². The number of benzene rings is 1. The van der Waals surface area contributed by atoms with Crippen molar-refractivity contribution in [3.05, 3.63) is 42.5 Å². The number of methoxy groups -OCH3 is 1. The molecule has 1 fully saturated rings. The van der Waals surface area contributed by atoms with Gasteiger partial charge in [-0.25, -0.2) is 0 Å². The first kappa shape index (κ1) is 14.1. The molecule has 1 aromatic rings. The van der Waals surface area contributed by atoms with Crippen molar-refractivity contribution < 1.29 is 19.7 Å². The van der Waals surface area contributed by atoms with Crippen LogP contribution in [0.3, 0.4) is 0 Å². The van der Waals surface area contributed by atoms with Crippen molar-refractivity contribution in [1.29, 1.82) is 0 Å². The van der Waals surface area contributed by atoms with Crippen LogP contribution in [0.5, 0.6) is 0 Å². The molecule has 0 aliphatic heterocycles. The molecular weight excluding hydrogens is 270 g/mol. The Bertz CT molecular complexity index is 559. The molecule has 0 heterocycles. The molecule has 112 valence electrons. The first-order chi connectivity index (χ1) is 10.0. The van der Waals surface area contributed by atoms with Crippen LogP contribution in [0.25, 0.3) is 0 Å². The topological polar surface area (TPSA) is 78.8 Å². The number of aliphatic carboxylic acids is 1. The van der Waals surface area contributed by atoms with E-state index in [2.05, 4.69) is 5.32 Å². The number of fused-ring (bicyclic) bond motifs is 2. The number of carboxylic acids is 1. The maximum Gasteiger partial charge on any atom is 0.307 e. The van der Waals surface area contributed by atoms with Crippen LogP contribution in [0.15, 0.2) is 42.5 Å². The smallest absolute Gasteiger partial charge is 0.307 e. The summed E-state index contributed by atoms with van der Waals surface area (Å²) in [6.07, 6.45) is 4.69. The number of rotatable bonds is 5. The second-order valence-electron chi connectivity index (χ2n) is 5.73. The molecule has 1 saturated carbocycles. The molecule has 5 heteroatoms. The van der Waals surface area contributed by atoms with Gasteiger partial charge in [0.1, 0.15) is 0 Å². The third-order valence-electron chi connectivity index (χ3n) is 4.60. The number of carbonyl (C=O) groups is 1. The van der Waals surface area contributed by atoms with E-state index < -0.39 is 23.7 Å². The van der Waals surface area contributed by atoms with Crippen LogP contribution in [0.1, 0.15) is 6.42 Å². The number of allylic oxidation sites excluding steroid dienone is 2. The Morgan fingerprint density at radius 3 is 2.57 bits per heavy atom. The Labute approximate surface area is 123 Å². The molecule has 1 aromatic carbocycles. The average molecular weight is 289 g/mol. The summed E-state index contributed by atoms with van der Waals surface area (Å²) in [5.74, 6) is -3.76. The minimum atomic E-state index is -1.70. The fourth-order valence-corrected chi connectivity index (χ4v) is 3.69. The molecule has 5 atom stereocenters. The van der Waals surface area contributed by atoms with Crippen molar-refractivity contribution in [2.75, 3.05) is 12.4 Å². The van der Waals surface area contributed by atoms with Crippen LogP contribution in [-0.4, -0.2) is 29.2 Å². The van der Waals surface area contributed by atoms with Crippen molar-refractivity contribution in [1.82, 2.24) is 0 Å². The van der Waals surface area contributed by atoms with Crippen molar-refractivity contribution >= 4 is 11.7 Å². The molecule has 0 saturated heterocycles. The van der Waals surface area contributed by atoms with E-state index in [9.17, 15) is 15.0 Å². The zero-order chi connectivity index (χ0) is 15.0. The van der Waals surface area contributed by atoms with E-state index in [1.165, 1.54) is 7.11 Å². The summed E-state index contributed by atoms with van der Waals surface area (Å²) in [7, 11) is 1.39. The maximum absolute atomic E-state index is 11.6. The van der Waals surface area contributed by atoms with Crippen molar-refractivity contribution in [3.8, 4) is 0 Å².